The molecule has 0 aromatic carbocycles. The highest BCUT2D eigenvalue weighted by Crippen LogP contribution is 2.18. The van der Waals surface area contributed by atoms with E-state index < -0.39 is 24.3 Å². The first-order valence-corrected chi connectivity index (χ1v) is 33.8. The van der Waals surface area contributed by atoms with Gasteiger partial charge in [-0.25, -0.2) is 4.79 Å². The molecule has 0 heterocycles. The molecule has 0 radical (unpaired) electrons. The molecule has 1 N–H and O–H groups in total. The number of carboxylic acid groups (broad SMARTS) is 1. The Labute approximate surface area is 489 Å². The van der Waals surface area contributed by atoms with E-state index in [1.807, 2.05) is 21.1 Å². The van der Waals surface area contributed by atoms with Crippen molar-refractivity contribution in [3.05, 3.63) is 48.6 Å². The number of nitrogens with zero attached hydrogens (tertiary/aromatic N) is 1. The molecule has 0 aliphatic carbocycles. The maximum absolute atomic E-state index is 12.9. The van der Waals surface area contributed by atoms with Crippen molar-refractivity contribution >= 4 is 17.9 Å². The van der Waals surface area contributed by atoms with Crippen LogP contribution >= 0.6 is 0 Å². The Kier molecular flexibility index (Phi) is 59.2. The van der Waals surface area contributed by atoms with Crippen molar-refractivity contribution in [1.29, 1.82) is 0 Å². The number of ether oxygens (including phenoxy) is 4. The van der Waals surface area contributed by atoms with E-state index in [4.69, 9.17) is 18.9 Å². The van der Waals surface area contributed by atoms with Gasteiger partial charge < -0.3 is 28.5 Å². The van der Waals surface area contributed by atoms with Crippen molar-refractivity contribution in [3.8, 4) is 0 Å². The van der Waals surface area contributed by atoms with Gasteiger partial charge in [0, 0.05) is 12.8 Å². The topological polar surface area (TPSA) is 108 Å². The summed E-state index contributed by atoms with van der Waals surface area (Å²) in [6.07, 6.45) is 75.0. The highest BCUT2D eigenvalue weighted by atomic mass is 16.7. The van der Waals surface area contributed by atoms with Crippen molar-refractivity contribution in [3.63, 3.8) is 0 Å². The van der Waals surface area contributed by atoms with Crippen LogP contribution in [0.15, 0.2) is 48.6 Å². The van der Waals surface area contributed by atoms with Gasteiger partial charge in [-0.3, -0.25) is 9.59 Å². The Bertz CT molecular complexity index is 1430. The predicted octanol–water partition coefficient (Wildman–Crippen LogP) is 20.6. The molecule has 79 heavy (non-hydrogen) atoms. The molecular formula is C70H130NO8+. The van der Waals surface area contributed by atoms with Gasteiger partial charge in [-0.05, 0) is 77.0 Å². The summed E-state index contributed by atoms with van der Waals surface area (Å²) in [5.74, 6) is -2.00. The van der Waals surface area contributed by atoms with Gasteiger partial charge in [0.15, 0.2) is 6.10 Å². The van der Waals surface area contributed by atoms with E-state index in [2.05, 4.69) is 62.5 Å². The zero-order chi connectivity index (χ0) is 57.6. The minimum atomic E-state index is -1.51. The van der Waals surface area contributed by atoms with Crippen LogP contribution in [0.3, 0.4) is 0 Å². The van der Waals surface area contributed by atoms with Crippen molar-refractivity contribution < 1.29 is 42.9 Å². The first-order valence-electron chi connectivity index (χ1n) is 33.8. The largest absolute Gasteiger partial charge is 0.477 e. The van der Waals surface area contributed by atoms with Crippen molar-refractivity contribution in [1.82, 2.24) is 0 Å². The fourth-order valence-corrected chi connectivity index (χ4v) is 9.84. The predicted molar refractivity (Wildman–Crippen MR) is 337 cm³/mol. The summed E-state index contributed by atoms with van der Waals surface area (Å²) in [6.45, 7) is 4.90. The second kappa shape index (κ2) is 61.3. The number of allylic oxidation sites excluding steroid dienone is 8. The van der Waals surface area contributed by atoms with E-state index in [1.165, 1.54) is 231 Å². The molecule has 0 aliphatic heterocycles. The molecule has 0 saturated carbocycles. The molecule has 0 aromatic rings. The standard InChI is InChI=1S/C70H129NO8/c1-6-8-10-12-14-16-18-20-22-24-26-28-30-31-32-33-34-35-36-37-39-40-42-44-46-48-50-52-54-56-58-60-67(72)77-64-66(65-78-70(69(74)75)76-63-62-71(3,4)5)79-68(73)61-59-57-55-53-51-49-47-45-43-41-38-29-27-25-23-21-19-17-15-13-11-9-7-2/h19,21,24-27,38,41,66,70H,6-18,20,22-23,28-37,39-40,42-65H2,1-5H3/p+1/b21-19-,26-24-,27-25-,41-38-. The first kappa shape index (κ1) is 76.2. The monoisotopic (exact) mass is 1110 g/mol. The number of unbranched alkanes of at least 4 members (excludes halogenated alkanes) is 40. The number of esters is 2. The zero-order valence-corrected chi connectivity index (χ0v) is 52.8. The van der Waals surface area contributed by atoms with E-state index in [9.17, 15) is 19.5 Å². The number of hydrogen-bond acceptors (Lipinski definition) is 7. The first-order chi connectivity index (χ1) is 38.6. The summed E-state index contributed by atoms with van der Waals surface area (Å²) in [5, 5.41) is 9.73. The third-order valence-corrected chi connectivity index (χ3v) is 15.1. The number of likely N-dealkylation sites (N-methyl/N-ethyl adjacent to an activating group) is 1. The second-order valence-corrected chi connectivity index (χ2v) is 24.1. The van der Waals surface area contributed by atoms with E-state index in [0.717, 1.165) is 57.8 Å². The lowest BCUT2D eigenvalue weighted by Crippen LogP contribution is -2.40. The maximum Gasteiger partial charge on any atom is 0.361 e. The van der Waals surface area contributed by atoms with Crippen LogP contribution in [0.2, 0.25) is 0 Å². The molecule has 0 bridgehead atoms. The Hall–Kier alpha value is -2.75. The van der Waals surface area contributed by atoms with Gasteiger partial charge in [0.05, 0.1) is 34.4 Å². The molecule has 2 unspecified atom stereocenters. The van der Waals surface area contributed by atoms with Gasteiger partial charge >= 0.3 is 17.9 Å². The lowest BCUT2D eigenvalue weighted by Gasteiger charge is -2.25. The van der Waals surface area contributed by atoms with Gasteiger partial charge in [0.1, 0.15) is 13.2 Å². The van der Waals surface area contributed by atoms with Gasteiger partial charge in [-0.1, -0.05) is 281 Å². The van der Waals surface area contributed by atoms with Gasteiger partial charge in [-0.2, -0.15) is 0 Å². The highest BCUT2D eigenvalue weighted by Gasteiger charge is 2.25. The third kappa shape index (κ3) is 62.7. The Morgan fingerprint density at radius 1 is 0.380 bits per heavy atom. The Balaban J connectivity index is 4.10. The van der Waals surface area contributed by atoms with E-state index >= 15 is 0 Å². The molecule has 0 amide bonds. The molecule has 0 saturated heterocycles. The number of rotatable bonds is 63. The molecule has 9 heteroatoms. The van der Waals surface area contributed by atoms with Crippen molar-refractivity contribution in [2.24, 2.45) is 0 Å². The third-order valence-electron chi connectivity index (χ3n) is 15.1. The number of quaternary nitrogens is 1. The maximum atomic E-state index is 12.9. The molecule has 9 nitrogen and oxygen atoms in total. The lowest BCUT2D eigenvalue weighted by atomic mass is 10.0. The Morgan fingerprint density at radius 3 is 1.03 bits per heavy atom. The molecular weight excluding hydrogens is 983 g/mol. The zero-order valence-electron chi connectivity index (χ0n) is 52.8. The summed E-state index contributed by atoms with van der Waals surface area (Å²) in [6, 6.07) is 0. The fraction of sp³-hybridized carbons (Fsp3) is 0.843. The molecule has 462 valence electrons. The van der Waals surface area contributed by atoms with Crippen LogP contribution < -0.4 is 0 Å². The van der Waals surface area contributed by atoms with Crippen LogP contribution in [0.4, 0.5) is 0 Å². The van der Waals surface area contributed by atoms with E-state index in [-0.39, 0.29) is 32.2 Å². The van der Waals surface area contributed by atoms with Gasteiger partial charge in [0.25, 0.3) is 6.29 Å². The summed E-state index contributed by atoms with van der Waals surface area (Å²) in [5.41, 5.74) is 0. The van der Waals surface area contributed by atoms with Crippen LogP contribution in [0.1, 0.15) is 322 Å². The lowest BCUT2D eigenvalue weighted by molar-refractivity contribution is -0.870. The molecule has 0 aromatic heterocycles. The van der Waals surface area contributed by atoms with Gasteiger partial charge in [-0.15, -0.1) is 0 Å². The number of carbonyl (C=O) groups is 3. The molecule has 0 spiro atoms. The smallest absolute Gasteiger partial charge is 0.361 e. The van der Waals surface area contributed by atoms with Crippen LogP contribution in [0.25, 0.3) is 0 Å². The number of carboxylic acids is 1. The molecule has 0 fully saturated rings. The van der Waals surface area contributed by atoms with Crippen LogP contribution in [-0.2, 0) is 33.3 Å². The SMILES string of the molecule is CCCCCCC/C=C\C/C=C\C/C=C\CCCCCCCCCCC(=O)OC(COC(=O)CCCCCCCCCCCCCCCCCCCCC/C=C\CCCCCCCCCC)COC(OCC[N+](C)(C)C)C(=O)O. The van der Waals surface area contributed by atoms with Gasteiger partial charge in [0.2, 0.25) is 0 Å². The summed E-state index contributed by atoms with van der Waals surface area (Å²) < 4.78 is 23.0. The van der Waals surface area contributed by atoms with E-state index in [0.29, 0.717) is 23.9 Å². The normalized spacial score (nSPS) is 13.0. The number of aliphatic carboxylic acids is 1. The summed E-state index contributed by atoms with van der Waals surface area (Å²) in [4.78, 5) is 37.6. The van der Waals surface area contributed by atoms with Crippen LogP contribution in [0, 0.1) is 0 Å². The highest BCUT2D eigenvalue weighted by molar-refractivity contribution is 5.71. The minimum Gasteiger partial charge on any atom is -0.477 e. The summed E-state index contributed by atoms with van der Waals surface area (Å²) in [7, 11) is 5.98. The molecule has 2 atom stereocenters. The Morgan fingerprint density at radius 2 is 0.684 bits per heavy atom. The molecule has 0 aliphatic rings. The van der Waals surface area contributed by atoms with Crippen molar-refractivity contribution in [2.75, 3.05) is 47.5 Å². The number of carbonyl (C=O) groups excluding carboxylic acids is 2. The minimum absolute atomic E-state index is 0.183. The van der Waals surface area contributed by atoms with Crippen LogP contribution in [-0.4, -0.2) is 87.4 Å². The number of hydrogen-bond donors (Lipinski definition) is 1. The average molecular weight is 1110 g/mol. The average Bonchev–Trinajstić information content (AvgIpc) is 3.42. The second-order valence-electron chi connectivity index (χ2n) is 24.1. The van der Waals surface area contributed by atoms with Crippen LogP contribution in [0.5, 0.6) is 0 Å². The van der Waals surface area contributed by atoms with Crippen molar-refractivity contribution in [2.45, 2.75) is 334 Å². The fourth-order valence-electron chi connectivity index (χ4n) is 9.84. The van der Waals surface area contributed by atoms with E-state index in [1.54, 1.807) is 0 Å². The quantitative estimate of drug-likeness (QED) is 0.0211. The summed E-state index contributed by atoms with van der Waals surface area (Å²) >= 11 is 0. The molecule has 0 rings (SSSR count).